The van der Waals surface area contributed by atoms with Crippen molar-refractivity contribution in [2.75, 3.05) is 0 Å². The van der Waals surface area contributed by atoms with Gasteiger partial charge in [-0.25, -0.2) is 0 Å². The standard InChI is InChI=1S/C17H19O/c1-2-3-8-15-11-7-12-17(13-15)18-14-16-9-5-4-6-10-16/h3-7,9-13H,2,8,14H2,1H3. The summed E-state index contributed by atoms with van der Waals surface area (Å²) < 4.78 is 5.80. The maximum Gasteiger partial charge on any atom is 0.120 e. The molecule has 0 amide bonds. The van der Waals surface area contributed by atoms with Gasteiger partial charge in [0.15, 0.2) is 0 Å². The van der Waals surface area contributed by atoms with Crippen LogP contribution in [0.2, 0.25) is 0 Å². The van der Waals surface area contributed by atoms with Crippen LogP contribution in [-0.2, 0) is 13.0 Å². The van der Waals surface area contributed by atoms with E-state index in [1.165, 1.54) is 11.1 Å². The molecular weight excluding hydrogens is 220 g/mol. The molecule has 0 aromatic heterocycles. The van der Waals surface area contributed by atoms with E-state index in [9.17, 15) is 0 Å². The van der Waals surface area contributed by atoms with Crippen LogP contribution in [0.3, 0.4) is 0 Å². The zero-order chi connectivity index (χ0) is 12.6. The largest absolute Gasteiger partial charge is 0.489 e. The highest BCUT2D eigenvalue weighted by Gasteiger charge is 1.98. The fraction of sp³-hybridized carbons (Fsp3) is 0.235. The van der Waals surface area contributed by atoms with Crippen LogP contribution in [0, 0.1) is 6.42 Å². The molecule has 18 heavy (non-hydrogen) atoms. The monoisotopic (exact) mass is 239 g/mol. The molecule has 0 N–H and O–H groups in total. The zero-order valence-corrected chi connectivity index (χ0v) is 10.8. The van der Waals surface area contributed by atoms with Gasteiger partial charge in [0, 0.05) is 0 Å². The van der Waals surface area contributed by atoms with Crippen molar-refractivity contribution >= 4 is 0 Å². The summed E-state index contributed by atoms with van der Waals surface area (Å²) in [7, 11) is 0. The van der Waals surface area contributed by atoms with E-state index in [0.717, 1.165) is 18.6 Å². The molecule has 0 unspecified atom stereocenters. The van der Waals surface area contributed by atoms with E-state index in [2.05, 4.69) is 43.7 Å². The van der Waals surface area contributed by atoms with Crippen LogP contribution in [0.1, 0.15) is 24.5 Å². The van der Waals surface area contributed by atoms with Gasteiger partial charge in [-0.3, -0.25) is 0 Å². The van der Waals surface area contributed by atoms with Crippen molar-refractivity contribution in [2.24, 2.45) is 0 Å². The molecule has 0 aliphatic heterocycles. The van der Waals surface area contributed by atoms with E-state index in [1.807, 2.05) is 24.3 Å². The van der Waals surface area contributed by atoms with Gasteiger partial charge in [-0.15, -0.1) is 0 Å². The van der Waals surface area contributed by atoms with Crippen LogP contribution >= 0.6 is 0 Å². The summed E-state index contributed by atoms with van der Waals surface area (Å²) in [4.78, 5) is 0. The van der Waals surface area contributed by atoms with Gasteiger partial charge in [-0.1, -0.05) is 55.8 Å². The SMILES string of the molecule is CC[CH]Cc1cccc(OCc2ccccc2)c1. The van der Waals surface area contributed by atoms with Crippen molar-refractivity contribution < 1.29 is 4.74 Å². The first-order valence-electron chi connectivity index (χ1n) is 6.46. The van der Waals surface area contributed by atoms with Crippen LogP contribution < -0.4 is 4.74 Å². The van der Waals surface area contributed by atoms with Crippen LogP contribution in [0.25, 0.3) is 0 Å². The summed E-state index contributed by atoms with van der Waals surface area (Å²) in [6, 6.07) is 18.6. The predicted molar refractivity (Wildman–Crippen MR) is 75.5 cm³/mol. The van der Waals surface area contributed by atoms with E-state index >= 15 is 0 Å². The van der Waals surface area contributed by atoms with Gasteiger partial charge in [-0.05, 0) is 36.1 Å². The number of ether oxygens (including phenoxy) is 1. The van der Waals surface area contributed by atoms with Gasteiger partial charge in [0.2, 0.25) is 0 Å². The Morgan fingerprint density at radius 1 is 0.944 bits per heavy atom. The van der Waals surface area contributed by atoms with Crippen molar-refractivity contribution in [3.8, 4) is 5.75 Å². The molecule has 1 radical (unpaired) electrons. The van der Waals surface area contributed by atoms with Gasteiger partial charge in [-0.2, -0.15) is 0 Å². The van der Waals surface area contributed by atoms with Gasteiger partial charge in [0.1, 0.15) is 12.4 Å². The maximum atomic E-state index is 5.80. The number of hydrogen-bond acceptors (Lipinski definition) is 1. The highest BCUT2D eigenvalue weighted by Crippen LogP contribution is 2.16. The third-order valence-corrected chi connectivity index (χ3v) is 2.82. The Labute approximate surface area is 109 Å². The number of hydrogen-bond donors (Lipinski definition) is 0. The maximum absolute atomic E-state index is 5.80. The summed E-state index contributed by atoms with van der Waals surface area (Å²) in [6.07, 6.45) is 4.39. The Kier molecular flexibility index (Phi) is 4.83. The molecule has 0 saturated carbocycles. The zero-order valence-electron chi connectivity index (χ0n) is 10.8. The minimum absolute atomic E-state index is 0.627. The Morgan fingerprint density at radius 3 is 2.50 bits per heavy atom. The molecule has 0 aliphatic carbocycles. The Bertz CT molecular complexity index is 462. The lowest BCUT2D eigenvalue weighted by Crippen LogP contribution is -1.95. The molecule has 1 heteroatoms. The summed E-state index contributed by atoms with van der Waals surface area (Å²) in [6.45, 7) is 2.79. The minimum Gasteiger partial charge on any atom is -0.489 e. The lowest BCUT2D eigenvalue weighted by molar-refractivity contribution is 0.306. The highest BCUT2D eigenvalue weighted by atomic mass is 16.5. The molecule has 2 aromatic carbocycles. The Balaban J connectivity index is 1.93. The number of unbranched alkanes of at least 4 members (excludes halogenated alkanes) is 1. The lowest BCUT2D eigenvalue weighted by Gasteiger charge is -2.08. The molecule has 1 nitrogen and oxygen atoms in total. The average molecular weight is 239 g/mol. The molecule has 0 atom stereocenters. The summed E-state index contributed by atoms with van der Waals surface area (Å²) in [5.74, 6) is 0.945. The molecule has 0 heterocycles. The van der Waals surface area contributed by atoms with Gasteiger partial charge in [0.05, 0.1) is 0 Å². The first-order valence-corrected chi connectivity index (χ1v) is 6.46. The van der Waals surface area contributed by atoms with Crippen LogP contribution in [0.15, 0.2) is 54.6 Å². The number of rotatable bonds is 6. The second-order valence-corrected chi connectivity index (χ2v) is 4.32. The normalized spacial score (nSPS) is 10.3. The average Bonchev–Trinajstić information content (AvgIpc) is 2.44. The second kappa shape index (κ2) is 6.85. The topological polar surface area (TPSA) is 9.23 Å². The first kappa shape index (κ1) is 12.7. The van der Waals surface area contributed by atoms with Crippen molar-refractivity contribution in [2.45, 2.75) is 26.4 Å². The molecule has 0 fully saturated rings. The summed E-state index contributed by atoms with van der Waals surface area (Å²) in [5.41, 5.74) is 2.51. The summed E-state index contributed by atoms with van der Waals surface area (Å²) >= 11 is 0. The molecule has 0 bridgehead atoms. The van der Waals surface area contributed by atoms with Gasteiger partial charge < -0.3 is 4.74 Å². The van der Waals surface area contributed by atoms with Gasteiger partial charge >= 0.3 is 0 Å². The van der Waals surface area contributed by atoms with E-state index in [0.29, 0.717) is 6.61 Å². The van der Waals surface area contributed by atoms with E-state index in [4.69, 9.17) is 4.74 Å². The number of benzene rings is 2. The predicted octanol–water partition coefficient (Wildman–Crippen LogP) is 4.42. The smallest absolute Gasteiger partial charge is 0.120 e. The van der Waals surface area contributed by atoms with E-state index in [1.54, 1.807) is 0 Å². The summed E-state index contributed by atoms with van der Waals surface area (Å²) in [5, 5.41) is 0. The fourth-order valence-corrected chi connectivity index (χ4v) is 1.81. The first-order chi connectivity index (χ1) is 8.88. The van der Waals surface area contributed by atoms with Crippen LogP contribution in [-0.4, -0.2) is 0 Å². The minimum atomic E-state index is 0.627. The molecule has 2 rings (SSSR count). The van der Waals surface area contributed by atoms with Crippen LogP contribution in [0.5, 0.6) is 5.75 Å². The van der Waals surface area contributed by atoms with Crippen molar-refractivity contribution in [1.82, 2.24) is 0 Å². The molecule has 2 aromatic rings. The molecule has 0 aliphatic rings. The highest BCUT2D eigenvalue weighted by molar-refractivity contribution is 5.29. The van der Waals surface area contributed by atoms with Crippen molar-refractivity contribution in [3.63, 3.8) is 0 Å². The van der Waals surface area contributed by atoms with Gasteiger partial charge in [0.25, 0.3) is 0 Å². The second-order valence-electron chi connectivity index (χ2n) is 4.32. The Hall–Kier alpha value is -1.76. The quantitative estimate of drug-likeness (QED) is 0.725. The molecule has 0 saturated heterocycles. The van der Waals surface area contributed by atoms with Crippen LogP contribution in [0.4, 0.5) is 0 Å². The third-order valence-electron chi connectivity index (χ3n) is 2.82. The molecular formula is C17H19O. The van der Waals surface area contributed by atoms with E-state index < -0.39 is 0 Å². The molecule has 0 spiro atoms. The third kappa shape index (κ3) is 3.92. The lowest BCUT2D eigenvalue weighted by atomic mass is 10.1. The fourth-order valence-electron chi connectivity index (χ4n) is 1.81. The Morgan fingerprint density at radius 2 is 1.72 bits per heavy atom. The van der Waals surface area contributed by atoms with Crippen molar-refractivity contribution in [3.05, 3.63) is 72.1 Å². The van der Waals surface area contributed by atoms with E-state index in [-0.39, 0.29) is 0 Å². The molecule has 93 valence electrons. The van der Waals surface area contributed by atoms with Crippen molar-refractivity contribution in [1.29, 1.82) is 0 Å².